The zero-order chi connectivity index (χ0) is 16.4. The van der Waals surface area contributed by atoms with Crippen LogP contribution in [0.1, 0.15) is 31.2 Å². The zero-order valence-electron chi connectivity index (χ0n) is 13.5. The molecular weight excluding hydrogens is 295 g/mol. The van der Waals surface area contributed by atoms with E-state index in [2.05, 4.69) is 5.32 Å². The molecule has 1 atom stereocenters. The Morgan fingerprint density at radius 3 is 2.74 bits per heavy atom. The summed E-state index contributed by atoms with van der Waals surface area (Å²) < 4.78 is 13.3. The highest BCUT2D eigenvalue weighted by atomic mass is 19.1. The van der Waals surface area contributed by atoms with Gasteiger partial charge in [-0.15, -0.1) is 0 Å². The third-order valence-corrected chi connectivity index (χ3v) is 5.41. The van der Waals surface area contributed by atoms with Gasteiger partial charge in [-0.05, 0) is 30.5 Å². The maximum absolute atomic E-state index is 13.3. The molecule has 1 saturated carbocycles. The molecule has 1 spiro atoms. The molecule has 2 amide bonds. The molecule has 1 N–H and O–H groups in total. The highest BCUT2D eigenvalue weighted by molar-refractivity contribution is 5.84. The number of carbonyl (C=O) groups excluding carboxylic acids is 2. The first-order valence-corrected chi connectivity index (χ1v) is 8.28. The lowest BCUT2D eigenvalue weighted by molar-refractivity contribution is -0.130. The van der Waals surface area contributed by atoms with Crippen LogP contribution in [-0.2, 0) is 16.0 Å². The Hall–Kier alpha value is -1.91. The van der Waals surface area contributed by atoms with Crippen molar-refractivity contribution in [2.24, 2.45) is 11.3 Å². The van der Waals surface area contributed by atoms with Crippen molar-refractivity contribution in [3.05, 3.63) is 35.6 Å². The van der Waals surface area contributed by atoms with Crippen LogP contribution in [0.15, 0.2) is 24.3 Å². The van der Waals surface area contributed by atoms with E-state index in [-0.39, 0.29) is 35.4 Å². The van der Waals surface area contributed by atoms with Crippen molar-refractivity contribution in [3.8, 4) is 0 Å². The number of nitrogens with one attached hydrogen (secondary N) is 1. The van der Waals surface area contributed by atoms with Gasteiger partial charge in [0.25, 0.3) is 0 Å². The minimum atomic E-state index is -0.327. The van der Waals surface area contributed by atoms with E-state index in [9.17, 15) is 14.0 Å². The summed E-state index contributed by atoms with van der Waals surface area (Å²) in [5.74, 6) is -0.431. The van der Waals surface area contributed by atoms with Gasteiger partial charge in [0.15, 0.2) is 0 Å². The molecule has 1 saturated heterocycles. The molecule has 5 heteroatoms. The first kappa shape index (κ1) is 16.0. The Morgan fingerprint density at radius 2 is 2.09 bits per heavy atom. The summed E-state index contributed by atoms with van der Waals surface area (Å²) in [6.07, 6.45) is 4.46. The zero-order valence-corrected chi connectivity index (χ0v) is 13.5. The van der Waals surface area contributed by atoms with Crippen LogP contribution in [0.3, 0.4) is 0 Å². The molecule has 0 aromatic heterocycles. The Morgan fingerprint density at radius 1 is 1.35 bits per heavy atom. The Balaban J connectivity index is 1.73. The second kappa shape index (κ2) is 6.30. The third-order valence-electron chi connectivity index (χ3n) is 5.41. The van der Waals surface area contributed by atoms with Gasteiger partial charge >= 0.3 is 0 Å². The third kappa shape index (κ3) is 3.09. The molecule has 1 aromatic rings. The average molecular weight is 318 g/mol. The van der Waals surface area contributed by atoms with Crippen molar-refractivity contribution in [3.63, 3.8) is 0 Å². The molecule has 0 bridgehead atoms. The van der Waals surface area contributed by atoms with Gasteiger partial charge < -0.3 is 10.2 Å². The van der Waals surface area contributed by atoms with Crippen molar-refractivity contribution in [2.75, 3.05) is 20.1 Å². The molecule has 124 valence electrons. The SMILES string of the molecule is CNC(=O)C1CN(C(=O)Cc2cccc(F)c2)CC12CCCC2. The largest absolute Gasteiger partial charge is 0.359 e. The second-order valence-electron chi connectivity index (χ2n) is 6.82. The molecule has 1 unspecified atom stereocenters. The molecule has 1 aliphatic heterocycles. The predicted molar refractivity (Wildman–Crippen MR) is 85.1 cm³/mol. The van der Waals surface area contributed by atoms with Crippen LogP contribution in [0.4, 0.5) is 4.39 Å². The minimum absolute atomic E-state index is 0.0201. The molecule has 3 rings (SSSR count). The van der Waals surface area contributed by atoms with Gasteiger partial charge in [0, 0.05) is 25.6 Å². The standard InChI is InChI=1S/C18H23FN2O2/c1-20-17(23)15-11-21(12-18(15)7-2-3-8-18)16(22)10-13-5-4-6-14(19)9-13/h4-6,9,15H,2-3,7-8,10-12H2,1H3,(H,20,23). The fraction of sp³-hybridized carbons (Fsp3) is 0.556. The Bertz CT molecular complexity index is 611. The number of hydrogen-bond acceptors (Lipinski definition) is 2. The Labute approximate surface area is 136 Å². The molecule has 1 aliphatic carbocycles. The summed E-state index contributed by atoms with van der Waals surface area (Å²) in [4.78, 5) is 26.6. The summed E-state index contributed by atoms with van der Waals surface area (Å²) in [5.41, 5.74) is 0.622. The van der Waals surface area contributed by atoms with Gasteiger partial charge in [0.1, 0.15) is 5.82 Å². The van der Waals surface area contributed by atoms with E-state index in [4.69, 9.17) is 0 Å². The lowest BCUT2D eigenvalue weighted by Crippen LogP contribution is -2.38. The van der Waals surface area contributed by atoms with E-state index >= 15 is 0 Å². The number of carbonyl (C=O) groups is 2. The highest BCUT2D eigenvalue weighted by Crippen LogP contribution is 2.49. The van der Waals surface area contributed by atoms with E-state index in [0.717, 1.165) is 25.7 Å². The monoisotopic (exact) mass is 318 g/mol. The van der Waals surface area contributed by atoms with Gasteiger partial charge in [0.2, 0.25) is 11.8 Å². The van der Waals surface area contributed by atoms with E-state index in [1.807, 2.05) is 0 Å². The van der Waals surface area contributed by atoms with Crippen LogP contribution in [-0.4, -0.2) is 36.9 Å². The van der Waals surface area contributed by atoms with Crippen LogP contribution >= 0.6 is 0 Å². The van der Waals surface area contributed by atoms with Gasteiger partial charge in [-0.3, -0.25) is 9.59 Å². The fourth-order valence-corrected chi connectivity index (χ4v) is 4.21. The summed E-state index contributed by atoms with van der Waals surface area (Å²) in [5, 5.41) is 2.75. The molecule has 1 heterocycles. The molecule has 2 fully saturated rings. The maximum atomic E-state index is 13.3. The molecule has 2 aliphatic rings. The number of amides is 2. The van der Waals surface area contributed by atoms with E-state index in [0.29, 0.717) is 18.7 Å². The van der Waals surface area contributed by atoms with Crippen molar-refractivity contribution in [1.29, 1.82) is 0 Å². The first-order chi connectivity index (χ1) is 11.0. The molecule has 1 aromatic carbocycles. The van der Waals surface area contributed by atoms with E-state index < -0.39 is 0 Å². The maximum Gasteiger partial charge on any atom is 0.227 e. The van der Waals surface area contributed by atoms with Crippen molar-refractivity contribution in [2.45, 2.75) is 32.1 Å². The number of hydrogen-bond donors (Lipinski definition) is 1. The predicted octanol–water partition coefficient (Wildman–Crippen LogP) is 2.13. The van der Waals surface area contributed by atoms with Crippen LogP contribution in [0.25, 0.3) is 0 Å². The number of likely N-dealkylation sites (tertiary alicyclic amines) is 1. The Kier molecular flexibility index (Phi) is 4.37. The van der Waals surface area contributed by atoms with E-state index in [1.54, 1.807) is 24.1 Å². The summed E-state index contributed by atoms with van der Waals surface area (Å²) in [7, 11) is 1.65. The van der Waals surface area contributed by atoms with Gasteiger partial charge in [0.05, 0.1) is 12.3 Å². The smallest absolute Gasteiger partial charge is 0.227 e. The summed E-state index contributed by atoms with van der Waals surface area (Å²) >= 11 is 0. The molecule has 4 nitrogen and oxygen atoms in total. The number of nitrogens with zero attached hydrogens (tertiary/aromatic N) is 1. The van der Waals surface area contributed by atoms with Gasteiger partial charge in [-0.2, -0.15) is 0 Å². The molecular formula is C18H23FN2O2. The fourth-order valence-electron chi connectivity index (χ4n) is 4.21. The summed E-state index contributed by atoms with van der Waals surface area (Å²) in [6.45, 7) is 1.13. The van der Waals surface area contributed by atoms with Crippen LogP contribution < -0.4 is 5.32 Å². The molecule has 0 radical (unpaired) electrons. The highest BCUT2D eigenvalue weighted by Gasteiger charge is 2.51. The average Bonchev–Trinajstić information content (AvgIpc) is 3.15. The van der Waals surface area contributed by atoms with Crippen LogP contribution in [0, 0.1) is 17.2 Å². The van der Waals surface area contributed by atoms with Crippen molar-refractivity contribution >= 4 is 11.8 Å². The van der Waals surface area contributed by atoms with Crippen molar-refractivity contribution < 1.29 is 14.0 Å². The van der Waals surface area contributed by atoms with Crippen LogP contribution in [0.2, 0.25) is 0 Å². The second-order valence-corrected chi connectivity index (χ2v) is 6.82. The summed E-state index contributed by atoms with van der Waals surface area (Å²) in [6, 6.07) is 6.15. The number of halogens is 1. The lowest BCUT2D eigenvalue weighted by Gasteiger charge is -2.28. The van der Waals surface area contributed by atoms with Gasteiger partial charge in [-0.1, -0.05) is 25.0 Å². The normalized spacial score (nSPS) is 22.5. The molecule has 23 heavy (non-hydrogen) atoms. The van der Waals surface area contributed by atoms with E-state index in [1.165, 1.54) is 12.1 Å². The number of rotatable bonds is 3. The quantitative estimate of drug-likeness (QED) is 0.928. The minimum Gasteiger partial charge on any atom is -0.359 e. The topological polar surface area (TPSA) is 49.4 Å². The van der Waals surface area contributed by atoms with Crippen LogP contribution in [0.5, 0.6) is 0 Å². The number of benzene rings is 1. The lowest BCUT2D eigenvalue weighted by atomic mass is 9.76. The van der Waals surface area contributed by atoms with Crippen molar-refractivity contribution in [1.82, 2.24) is 10.2 Å². The van der Waals surface area contributed by atoms with Gasteiger partial charge in [-0.25, -0.2) is 4.39 Å². The first-order valence-electron chi connectivity index (χ1n) is 8.28.